The highest BCUT2D eigenvalue weighted by atomic mass is 35.5. The molecule has 5 heteroatoms. The fourth-order valence-electron chi connectivity index (χ4n) is 1.58. The van der Waals surface area contributed by atoms with Crippen molar-refractivity contribution in [2.75, 3.05) is 6.54 Å². The zero-order chi connectivity index (χ0) is 13.7. The number of benzene rings is 1. The van der Waals surface area contributed by atoms with E-state index in [0.717, 1.165) is 0 Å². The van der Waals surface area contributed by atoms with Gasteiger partial charge < -0.3 is 4.90 Å². The lowest BCUT2D eigenvalue weighted by atomic mass is 10.1. The summed E-state index contributed by atoms with van der Waals surface area (Å²) in [6.45, 7) is 4.20. The summed E-state index contributed by atoms with van der Waals surface area (Å²) in [5.41, 5.74) is 0.410. The van der Waals surface area contributed by atoms with E-state index in [4.69, 9.17) is 28.5 Å². The van der Waals surface area contributed by atoms with Crippen LogP contribution < -0.4 is 0 Å². The molecule has 0 spiro atoms. The summed E-state index contributed by atoms with van der Waals surface area (Å²) in [6, 6.07) is 6.82. The maximum atomic E-state index is 12.3. The summed E-state index contributed by atoms with van der Waals surface area (Å²) in [6.07, 6.45) is 0.301. The minimum atomic E-state index is -0.179. The van der Waals surface area contributed by atoms with Crippen molar-refractivity contribution in [1.82, 2.24) is 4.90 Å². The Bertz CT molecular complexity index is 480. The van der Waals surface area contributed by atoms with Crippen molar-refractivity contribution in [3.63, 3.8) is 0 Å². The number of carbonyl (C=O) groups excluding carboxylic acids is 1. The minimum absolute atomic E-state index is 0.0117. The number of nitrogens with zero attached hydrogens (tertiary/aromatic N) is 2. The Labute approximate surface area is 117 Å². The van der Waals surface area contributed by atoms with Gasteiger partial charge in [-0.25, -0.2) is 0 Å². The number of hydrogen-bond acceptors (Lipinski definition) is 2. The number of hydrogen-bond donors (Lipinski definition) is 0. The second-order valence-electron chi connectivity index (χ2n) is 4.12. The quantitative estimate of drug-likeness (QED) is 0.845. The third-order valence-electron chi connectivity index (χ3n) is 2.51. The maximum Gasteiger partial charge on any atom is 0.255 e. The third-order valence-corrected chi connectivity index (χ3v) is 3.06. The summed E-state index contributed by atoms with van der Waals surface area (Å²) in [7, 11) is 0. The Kier molecular flexibility index (Phi) is 5.46. The van der Waals surface area contributed by atoms with Gasteiger partial charge in [0.1, 0.15) is 0 Å². The highest BCUT2D eigenvalue weighted by Crippen LogP contribution is 2.23. The standard InChI is InChI=1S/C13H14Cl2N2O/c1-9(2)17(7-3-6-16)13(18)11-5-4-10(14)8-12(11)15/h4-5,8-9H,3,7H2,1-2H3. The molecule has 0 saturated heterocycles. The van der Waals surface area contributed by atoms with Crippen LogP contribution in [-0.2, 0) is 0 Å². The van der Waals surface area contributed by atoms with Gasteiger partial charge >= 0.3 is 0 Å². The van der Waals surface area contributed by atoms with Crippen molar-refractivity contribution < 1.29 is 4.79 Å². The molecule has 3 nitrogen and oxygen atoms in total. The zero-order valence-corrected chi connectivity index (χ0v) is 11.8. The van der Waals surface area contributed by atoms with Gasteiger partial charge in [0, 0.05) is 17.6 Å². The average Bonchev–Trinajstić information content (AvgIpc) is 2.28. The highest BCUT2D eigenvalue weighted by molar-refractivity contribution is 6.36. The summed E-state index contributed by atoms with van der Waals surface area (Å²) in [5, 5.41) is 9.43. The number of nitriles is 1. The summed E-state index contributed by atoms with van der Waals surface area (Å²) in [4.78, 5) is 13.9. The molecule has 96 valence electrons. The Balaban J connectivity index is 2.99. The molecule has 0 atom stereocenters. The van der Waals surface area contributed by atoms with E-state index in [-0.39, 0.29) is 11.9 Å². The molecule has 0 radical (unpaired) electrons. The van der Waals surface area contributed by atoms with E-state index in [9.17, 15) is 4.79 Å². The van der Waals surface area contributed by atoms with Crippen LogP contribution >= 0.6 is 23.2 Å². The summed E-state index contributed by atoms with van der Waals surface area (Å²) >= 11 is 11.8. The van der Waals surface area contributed by atoms with Gasteiger partial charge in [0.25, 0.3) is 5.91 Å². The minimum Gasteiger partial charge on any atom is -0.335 e. The van der Waals surface area contributed by atoms with Gasteiger partial charge in [0.05, 0.1) is 23.1 Å². The molecule has 0 N–H and O–H groups in total. The van der Waals surface area contributed by atoms with Crippen molar-refractivity contribution in [2.24, 2.45) is 0 Å². The van der Waals surface area contributed by atoms with E-state index in [2.05, 4.69) is 0 Å². The van der Waals surface area contributed by atoms with Crippen LogP contribution in [0.15, 0.2) is 18.2 Å². The fraction of sp³-hybridized carbons (Fsp3) is 0.385. The van der Waals surface area contributed by atoms with Gasteiger partial charge in [-0.2, -0.15) is 5.26 Å². The molecule has 0 aliphatic carbocycles. The first-order chi connectivity index (χ1) is 8.47. The molecule has 0 fully saturated rings. The molecule has 0 aliphatic rings. The second kappa shape index (κ2) is 6.63. The lowest BCUT2D eigenvalue weighted by Crippen LogP contribution is -2.37. The molecule has 0 bridgehead atoms. The first-order valence-electron chi connectivity index (χ1n) is 5.60. The van der Waals surface area contributed by atoms with Crippen LogP contribution in [0.2, 0.25) is 10.0 Å². The van der Waals surface area contributed by atoms with Crippen molar-refractivity contribution in [3.8, 4) is 6.07 Å². The fourth-order valence-corrected chi connectivity index (χ4v) is 2.07. The van der Waals surface area contributed by atoms with Crippen molar-refractivity contribution in [3.05, 3.63) is 33.8 Å². The molecular formula is C13H14Cl2N2O. The first-order valence-corrected chi connectivity index (χ1v) is 6.36. The van der Waals surface area contributed by atoms with Gasteiger partial charge in [0.15, 0.2) is 0 Å². The van der Waals surface area contributed by atoms with E-state index in [1.807, 2.05) is 19.9 Å². The summed E-state index contributed by atoms with van der Waals surface area (Å²) in [5.74, 6) is -0.179. The van der Waals surface area contributed by atoms with Crippen LogP contribution in [-0.4, -0.2) is 23.4 Å². The molecular weight excluding hydrogens is 271 g/mol. The smallest absolute Gasteiger partial charge is 0.255 e. The van der Waals surface area contributed by atoms with Gasteiger partial charge in [-0.05, 0) is 32.0 Å². The van der Waals surface area contributed by atoms with Gasteiger partial charge in [-0.15, -0.1) is 0 Å². The van der Waals surface area contributed by atoms with Crippen molar-refractivity contribution in [2.45, 2.75) is 26.3 Å². The Morgan fingerprint density at radius 3 is 2.61 bits per heavy atom. The average molecular weight is 285 g/mol. The molecule has 1 rings (SSSR count). The Morgan fingerprint density at radius 1 is 1.44 bits per heavy atom. The van der Waals surface area contributed by atoms with E-state index < -0.39 is 0 Å². The van der Waals surface area contributed by atoms with Crippen LogP contribution in [0.5, 0.6) is 0 Å². The predicted molar refractivity (Wildman–Crippen MR) is 72.9 cm³/mol. The molecule has 1 aromatic carbocycles. The maximum absolute atomic E-state index is 12.3. The molecule has 0 heterocycles. The molecule has 0 saturated carbocycles. The van der Waals surface area contributed by atoms with Crippen LogP contribution in [0, 0.1) is 11.3 Å². The Morgan fingerprint density at radius 2 is 2.11 bits per heavy atom. The van der Waals surface area contributed by atoms with E-state index in [1.54, 1.807) is 23.1 Å². The lowest BCUT2D eigenvalue weighted by Gasteiger charge is -2.26. The first kappa shape index (κ1) is 14.8. The van der Waals surface area contributed by atoms with Gasteiger partial charge in [-0.1, -0.05) is 23.2 Å². The Hall–Kier alpha value is -1.24. The van der Waals surface area contributed by atoms with Gasteiger partial charge in [0.2, 0.25) is 0 Å². The SMILES string of the molecule is CC(C)N(CCC#N)C(=O)c1ccc(Cl)cc1Cl. The van der Waals surface area contributed by atoms with Crippen LogP contribution in [0.4, 0.5) is 0 Å². The third kappa shape index (κ3) is 3.63. The van der Waals surface area contributed by atoms with E-state index >= 15 is 0 Å². The molecule has 0 aliphatic heterocycles. The topological polar surface area (TPSA) is 44.1 Å². The van der Waals surface area contributed by atoms with Crippen molar-refractivity contribution in [1.29, 1.82) is 5.26 Å². The van der Waals surface area contributed by atoms with Crippen molar-refractivity contribution >= 4 is 29.1 Å². The molecule has 18 heavy (non-hydrogen) atoms. The largest absolute Gasteiger partial charge is 0.335 e. The van der Waals surface area contributed by atoms with E-state index in [0.29, 0.717) is 28.6 Å². The van der Waals surface area contributed by atoms with E-state index in [1.165, 1.54) is 0 Å². The normalized spacial score (nSPS) is 10.2. The highest BCUT2D eigenvalue weighted by Gasteiger charge is 2.20. The molecule has 0 unspecified atom stereocenters. The predicted octanol–water partition coefficient (Wildman–Crippen LogP) is 3.76. The van der Waals surface area contributed by atoms with Gasteiger partial charge in [-0.3, -0.25) is 4.79 Å². The van der Waals surface area contributed by atoms with Crippen LogP contribution in [0.3, 0.4) is 0 Å². The monoisotopic (exact) mass is 284 g/mol. The lowest BCUT2D eigenvalue weighted by molar-refractivity contribution is 0.0710. The number of carbonyl (C=O) groups is 1. The zero-order valence-electron chi connectivity index (χ0n) is 10.3. The molecule has 1 amide bonds. The summed E-state index contributed by atoms with van der Waals surface area (Å²) < 4.78 is 0. The molecule has 0 aromatic heterocycles. The van der Waals surface area contributed by atoms with Crippen LogP contribution in [0.1, 0.15) is 30.6 Å². The second-order valence-corrected chi connectivity index (χ2v) is 4.97. The number of amides is 1. The number of halogens is 2. The van der Waals surface area contributed by atoms with Crippen LogP contribution in [0.25, 0.3) is 0 Å². The molecule has 1 aromatic rings. The number of rotatable bonds is 4.